The molecule has 0 saturated carbocycles. The summed E-state index contributed by atoms with van der Waals surface area (Å²) < 4.78 is 0. The van der Waals surface area contributed by atoms with Crippen LogP contribution in [0, 0.1) is 0 Å². The molecule has 0 unspecified atom stereocenters. The summed E-state index contributed by atoms with van der Waals surface area (Å²) in [4.78, 5) is 49.5. The highest BCUT2D eigenvalue weighted by molar-refractivity contribution is 6.04. The molecule has 0 amide bonds. The van der Waals surface area contributed by atoms with Crippen molar-refractivity contribution in [3.8, 4) is 112 Å². The molecule has 12 aromatic carbocycles. The molecule has 502 valence electrons. The fraction of sp³-hybridized carbons (Fsp3) is 0. The Morgan fingerprint density at radius 3 is 0.935 bits per heavy atom. The lowest BCUT2D eigenvalue weighted by Gasteiger charge is -2.10. The number of para-hydroxylation sites is 2. The second-order valence-electron chi connectivity index (χ2n) is 27.1. The molecule has 0 aliphatic rings. The summed E-state index contributed by atoms with van der Waals surface area (Å²) in [7, 11) is 0. The van der Waals surface area contributed by atoms with Gasteiger partial charge in [0, 0.05) is 106 Å². The minimum Gasteiger partial charge on any atom is -0.256 e. The third-order valence-electron chi connectivity index (χ3n) is 20.4. The van der Waals surface area contributed by atoms with E-state index in [9.17, 15) is 0 Å². The van der Waals surface area contributed by atoms with Gasteiger partial charge in [-0.3, -0.25) is 15.0 Å². The van der Waals surface area contributed by atoms with Gasteiger partial charge in [0.2, 0.25) is 0 Å². The van der Waals surface area contributed by atoms with Gasteiger partial charge in [0.15, 0.2) is 5.82 Å². The minimum absolute atomic E-state index is 0.702. The molecule has 10 nitrogen and oxygen atoms in total. The predicted molar refractivity (Wildman–Crippen MR) is 443 cm³/mol. The number of fused-ring (bicyclic) bond motifs is 10. The molecule has 21 rings (SSSR count). The van der Waals surface area contributed by atoms with Gasteiger partial charge in [-0.05, 0) is 124 Å². The Balaban J connectivity index is 0.000000142. The summed E-state index contributed by atoms with van der Waals surface area (Å²) in [5.74, 6) is 0.702. The highest BCUT2D eigenvalue weighted by Gasteiger charge is 2.17. The van der Waals surface area contributed by atoms with Crippen molar-refractivity contribution in [2.75, 3.05) is 0 Å². The Morgan fingerprint density at radius 1 is 0.148 bits per heavy atom. The average molecular weight is 1380 g/mol. The summed E-state index contributed by atoms with van der Waals surface area (Å²) in [6.45, 7) is 0. The van der Waals surface area contributed by atoms with Crippen LogP contribution in [0.25, 0.3) is 210 Å². The van der Waals surface area contributed by atoms with E-state index in [0.29, 0.717) is 5.82 Å². The summed E-state index contributed by atoms with van der Waals surface area (Å²) in [5.41, 5.74) is 26.6. The fourth-order valence-electron chi connectivity index (χ4n) is 14.8. The van der Waals surface area contributed by atoms with E-state index >= 15 is 0 Å². The van der Waals surface area contributed by atoms with Crippen LogP contribution >= 0.6 is 0 Å². The standard InChI is InChI=1S/C49H29N5.C49H31N5/c1-4-32-5-2-24-50-47(32)41(7-1)44-23-19-31-9-13-38(29-46(31)53-44)37-12-8-30-18-21-42(52-45(30)28-37)39-16-14-36-27-40(17-15-35(36)26-39)43-22-20-34-11-10-33-6-3-25-51-48(33)49(34)54-43;1-3-9-32(10-4-1)46-31-47(54-49(53-46)38-11-5-2-6-12-38)34-18-16-33(17-19-34)42-26-24-35-20-22-39(29-44(35)51-42)40-23-21-36-25-27-43(52-45(36)30-40)41-15-7-13-37-14-8-28-50-48(37)41/h1-29H;1-31H. The van der Waals surface area contributed by atoms with Crippen LogP contribution in [0.3, 0.4) is 0 Å². The van der Waals surface area contributed by atoms with Crippen LogP contribution in [0.5, 0.6) is 0 Å². The molecule has 0 bridgehead atoms. The second-order valence-corrected chi connectivity index (χ2v) is 27.1. The van der Waals surface area contributed by atoms with E-state index in [4.69, 9.17) is 34.9 Å². The van der Waals surface area contributed by atoms with Crippen LogP contribution in [0.1, 0.15) is 0 Å². The average Bonchev–Trinajstić information content (AvgIpc) is 0.780. The summed E-state index contributed by atoms with van der Waals surface area (Å²) >= 11 is 0. The van der Waals surface area contributed by atoms with E-state index in [0.717, 1.165) is 205 Å². The molecule has 21 aromatic rings. The van der Waals surface area contributed by atoms with Crippen LogP contribution in [0.15, 0.2) is 364 Å². The molecular weight excluding hydrogens is 1320 g/mol. The largest absolute Gasteiger partial charge is 0.256 e. The smallest absolute Gasteiger partial charge is 0.160 e. The maximum Gasteiger partial charge on any atom is 0.160 e. The predicted octanol–water partition coefficient (Wildman–Crippen LogP) is 24.4. The van der Waals surface area contributed by atoms with Gasteiger partial charge < -0.3 is 0 Å². The number of nitrogens with zero attached hydrogens (tertiary/aromatic N) is 10. The number of hydrogen-bond acceptors (Lipinski definition) is 10. The zero-order valence-corrected chi connectivity index (χ0v) is 58.1. The van der Waals surface area contributed by atoms with Gasteiger partial charge in [-0.25, -0.2) is 34.9 Å². The molecule has 9 aromatic heterocycles. The number of hydrogen-bond donors (Lipinski definition) is 0. The van der Waals surface area contributed by atoms with E-state index in [1.54, 1.807) is 0 Å². The number of aromatic nitrogens is 10. The fourth-order valence-corrected chi connectivity index (χ4v) is 14.8. The molecule has 0 fully saturated rings. The first-order valence-electron chi connectivity index (χ1n) is 36.0. The van der Waals surface area contributed by atoms with Crippen molar-refractivity contribution in [3.05, 3.63) is 364 Å². The van der Waals surface area contributed by atoms with E-state index < -0.39 is 0 Å². The zero-order valence-electron chi connectivity index (χ0n) is 58.1. The van der Waals surface area contributed by atoms with E-state index in [1.807, 2.05) is 85.3 Å². The third-order valence-corrected chi connectivity index (χ3v) is 20.4. The molecule has 9 heterocycles. The molecule has 0 aliphatic carbocycles. The van der Waals surface area contributed by atoms with Crippen molar-refractivity contribution in [1.82, 2.24) is 49.8 Å². The maximum atomic E-state index is 5.16. The van der Waals surface area contributed by atoms with Gasteiger partial charge in [0.05, 0.1) is 84.0 Å². The van der Waals surface area contributed by atoms with Gasteiger partial charge >= 0.3 is 0 Å². The van der Waals surface area contributed by atoms with Gasteiger partial charge in [-0.2, -0.15) is 0 Å². The Labute approximate surface area is 620 Å². The van der Waals surface area contributed by atoms with Crippen molar-refractivity contribution in [1.29, 1.82) is 0 Å². The Bertz CT molecular complexity index is 7060. The topological polar surface area (TPSA) is 129 Å². The van der Waals surface area contributed by atoms with Crippen LogP contribution in [0.4, 0.5) is 0 Å². The van der Waals surface area contributed by atoms with Crippen molar-refractivity contribution < 1.29 is 0 Å². The molecule has 0 radical (unpaired) electrons. The lowest BCUT2D eigenvalue weighted by molar-refractivity contribution is 1.18. The maximum absolute atomic E-state index is 5.16. The first-order valence-corrected chi connectivity index (χ1v) is 36.0. The monoisotopic (exact) mass is 1380 g/mol. The van der Waals surface area contributed by atoms with Crippen molar-refractivity contribution >= 4 is 98.0 Å². The molecule has 108 heavy (non-hydrogen) atoms. The van der Waals surface area contributed by atoms with Crippen LogP contribution in [-0.2, 0) is 0 Å². The minimum atomic E-state index is 0.702. The van der Waals surface area contributed by atoms with Crippen LogP contribution < -0.4 is 0 Å². The summed E-state index contributed by atoms with van der Waals surface area (Å²) in [5, 5.41) is 11.1. The summed E-state index contributed by atoms with van der Waals surface area (Å²) in [6.07, 6.45) is 5.50. The SMILES string of the molecule is c1ccc(-c2cc(-c3ccc(-c4ccc5ccc(-c6ccc7ccc(-c8cccc9cccnc89)nc7c6)cc5n4)cc3)nc(-c3ccccc3)n2)cc1.c1cnc2c(-c3ccc4ccc(-c5ccc6ccc(-c7ccc8cc(-c9ccc%10ccc%11cccnc%11c%10n9)ccc8c7)nc6c5)cc4n3)cccc2c1. The number of benzene rings is 12. The molecule has 0 aliphatic heterocycles. The number of rotatable bonds is 10. The molecule has 0 spiro atoms. The third kappa shape index (κ3) is 12.1. The normalized spacial score (nSPS) is 11.5. The van der Waals surface area contributed by atoms with Gasteiger partial charge in [0.25, 0.3) is 0 Å². The van der Waals surface area contributed by atoms with Crippen LogP contribution in [0.2, 0.25) is 0 Å². The van der Waals surface area contributed by atoms with Gasteiger partial charge in [-0.15, -0.1) is 0 Å². The second kappa shape index (κ2) is 26.8. The van der Waals surface area contributed by atoms with Crippen LogP contribution in [-0.4, -0.2) is 49.8 Å². The lowest BCUT2D eigenvalue weighted by atomic mass is 9.99. The van der Waals surface area contributed by atoms with Crippen molar-refractivity contribution in [2.24, 2.45) is 0 Å². The molecule has 0 atom stereocenters. The Hall–Kier alpha value is -14.7. The highest BCUT2D eigenvalue weighted by Crippen LogP contribution is 2.38. The van der Waals surface area contributed by atoms with Crippen molar-refractivity contribution in [3.63, 3.8) is 0 Å². The first kappa shape index (κ1) is 63.0. The quantitative estimate of drug-likeness (QED) is 0.122. The molecular formula is C98H60N10. The highest BCUT2D eigenvalue weighted by atomic mass is 14.9. The molecule has 10 heteroatoms. The Morgan fingerprint density at radius 2 is 0.463 bits per heavy atom. The molecule has 0 saturated heterocycles. The Kier molecular flexibility index (Phi) is 15.6. The summed E-state index contributed by atoms with van der Waals surface area (Å²) in [6, 6.07) is 120. The van der Waals surface area contributed by atoms with E-state index in [-0.39, 0.29) is 0 Å². The zero-order chi connectivity index (χ0) is 71.4. The lowest BCUT2D eigenvalue weighted by Crippen LogP contribution is -1.96. The molecule has 0 N–H and O–H groups in total. The number of pyridine rings is 8. The van der Waals surface area contributed by atoms with Gasteiger partial charge in [0.1, 0.15) is 0 Å². The van der Waals surface area contributed by atoms with E-state index in [2.05, 4.69) is 294 Å². The first-order chi connectivity index (χ1) is 53.4. The van der Waals surface area contributed by atoms with Crippen molar-refractivity contribution in [2.45, 2.75) is 0 Å². The van der Waals surface area contributed by atoms with Gasteiger partial charge in [-0.1, -0.05) is 255 Å². The van der Waals surface area contributed by atoms with E-state index in [1.165, 1.54) is 0 Å².